The molecule has 2 rings (SSSR count). The van der Waals surface area contributed by atoms with Crippen LogP contribution in [0.25, 0.3) is 0 Å². The first-order chi connectivity index (χ1) is 12.7. The van der Waals surface area contributed by atoms with Gasteiger partial charge in [-0.3, -0.25) is 19.4 Å². The molecule has 1 atom stereocenters. The van der Waals surface area contributed by atoms with Crippen molar-refractivity contribution in [3.05, 3.63) is 29.6 Å². The van der Waals surface area contributed by atoms with E-state index in [1.807, 2.05) is 23.6 Å². The molecule has 1 aliphatic heterocycles. The van der Waals surface area contributed by atoms with E-state index >= 15 is 0 Å². The van der Waals surface area contributed by atoms with Crippen LogP contribution in [0.4, 0.5) is 18.9 Å². The minimum absolute atomic E-state index is 0.0435. The molecular formula is C18H25F3N4O2. The number of benzene rings is 1. The average molecular weight is 386 g/mol. The fourth-order valence-corrected chi connectivity index (χ4v) is 2.90. The second kappa shape index (κ2) is 9.18. The predicted molar refractivity (Wildman–Crippen MR) is 95.7 cm³/mol. The van der Waals surface area contributed by atoms with E-state index in [9.17, 15) is 22.8 Å². The van der Waals surface area contributed by atoms with Crippen LogP contribution in [-0.4, -0.2) is 66.4 Å². The van der Waals surface area contributed by atoms with E-state index < -0.39 is 35.1 Å². The summed E-state index contributed by atoms with van der Waals surface area (Å²) in [5, 5.41) is 5.13. The Bertz CT molecular complexity index is 691. The van der Waals surface area contributed by atoms with Gasteiger partial charge in [-0.25, -0.2) is 13.2 Å². The van der Waals surface area contributed by atoms with Crippen molar-refractivity contribution >= 4 is 17.5 Å². The average Bonchev–Trinajstić information content (AvgIpc) is 2.61. The highest BCUT2D eigenvalue weighted by molar-refractivity contribution is 5.94. The van der Waals surface area contributed by atoms with Crippen LogP contribution >= 0.6 is 0 Å². The van der Waals surface area contributed by atoms with E-state index in [1.54, 1.807) is 6.92 Å². The Morgan fingerprint density at radius 3 is 2.26 bits per heavy atom. The summed E-state index contributed by atoms with van der Waals surface area (Å²) in [5.74, 6) is -4.90. The topological polar surface area (TPSA) is 64.7 Å². The summed E-state index contributed by atoms with van der Waals surface area (Å²) >= 11 is 0. The van der Waals surface area contributed by atoms with Crippen LogP contribution in [0.1, 0.15) is 20.8 Å². The van der Waals surface area contributed by atoms with E-state index in [2.05, 4.69) is 10.6 Å². The Kier molecular flexibility index (Phi) is 7.20. The van der Waals surface area contributed by atoms with Gasteiger partial charge in [0.2, 0.25) is 11.8 Å². The molecule has 150 valence electrons. The molecule has 1 heterocycles. The molecule has 1 saturated heterocycles. The number of halogens is 3. The molecule has 2 N–H and O–H groups in total. The number of carbonyl (C=O) groups excluding carboxylic acids is 2. The van der Waals surface area contributed by atoms with Gasteiger partial charge >= 0.3 is 0 Å². The van der Waals surface area contributed by atoms with E-state index in [0.29, 0.717) is 32.7 Å². The largest absolute Gasteiger partial charge is 0.353 e. The van der Waals surface area contributed by atoms with Gasteiger partial charge in [0.25, 0.3) is 0 Å². The number of hydrogen-bond donors (Lipinski definition) is 2. The monoisotopic (exact) mass is 386 g/mol. The van der Waals surface area contributed by atoms with Crippen LogP contribution in [-0.2, 0) is 9.59 Å². The molecule has 0 spiro atoms. The summed E-state index contributed by atoms with van der Waals surface area (Å²) in [5.41, 5.74) is -0.394. The third-order valence-electron chi connectivity index (χ3n) is 4.44. The molecule has 1 fully saturated rings. The summed E-state index contributed by atoms with van der Waals surface area (Å²) in [7, 11) is 0. The van der Waals surface area contributed by atoms with Crippen molar-refractivity contribution in [2.75, 3.05) is 38.0 Å². The van der Waals surface area contributed by atoms with Gasteiger partial charge in [-0.1, -0.05) is 0 Å². The zero-order chi connectivity index (χ0) is 20.1. The lowest BCUT2D eigenvalue weighted by atomic mass is 10.2. The quantitative estimate of drug-likeness (QED) is 0.729. The molecule has 0 saturated carbocycles. The number of piperazine rings is 1. The minimum atomic E-state index is -1.62. The first-order valence-corrected chi connectivity index (χ1v) is 8.89. The van der Waals surface area contributed by atoms with Crippen LogP contribution in [0.5, 0.6) is 0 Å². The number of amides is 2. The molecule has 9 heteroatoms. The predicted octanol–water partition coefficient (Wildman–Crippen LogP) is 1.57. The maximum Gasteiger partial charge on any atom is 0.241 e. The molecule has 0 bridgehead atoms. The Labute approximate surface area is 156 Å². The Hall–Kier alpha value is -2.13. The van der Waals surface area contributed by atoms with E-state index in [1.165, 1.54) is 0 Å². The summed E-state index contributed by atoms with van der Waals surface area (Å²) in [6.45, 7) is 8.10. The number of nitrogens with zero attached hydrogens (tertiary/aromatic N) is 2. The third kappa shape index (κ3) is 5.67. The van der Waals surface area contributed by atoms with Crippen molar-refractivity contribution < 1.29 is 22.8 Å². The van der Waals surface area contributed by atoms with Crippen molar-refractivity contribution in [1.82, 2.24) is 15.1 Å². The van der Waals surface area contributed by atoms with Crippen LogP contribution in [0.3, 0.4) is 0 Å². The summed E-state index contributed by atoms with van der Waals surface area (Å²) in [6, 6.07) is 1.26. The van der Waals surface area contributed by atoms with Gasteiger partial charge in [0.15, 0.2) is 17.5 Å². The lowest BCUT2D eigenvalue weighted by molar-refractivity contribution is -0.125. The van der Waals surface area contributed by atoms with E-state index in [4.69, 9.17) is 0 Å². The number of anilines is 1. The highest BCUT2D eigenvalue weighted by atomic mass is 19.2. The summed E-state index contributed by atoms with van der Waals surface area (Å²) < 4.78 is 40.0. The molecule has 0 unspecified atom stereocenters. The molecule has 1 aliphatic rings. The first kappa shape index (κ1) is 21.2. The molecule has 0 aromatic heterocycles. The zero-order valence-corrected chi connectivity index (χ0v) is 15.7. The first-order valence-electron chi connectivity index (χ1n) is 8.89. The van der Waals surface area contributed by atoms with Gasteiger partial charge in [-0.05, 0) is 32.9 Å². The molecule has 2 amide bonds. The number of carbonyl (C=O) groups is 2. The molecular weight excluding hydrogens is 361 g/mol. The molecule has 0 radical (unpaired) electrons. The van der Waals surface area contributed by atoms with Gasteiger partial charge in [-0.2, -0.15) is 0 Å². The normalized spacial score (nSPS) is 17.0. The van der Waals surface area contributed by atoms with Crippen molar-refractivity contribution in [3.63, 3.8) is 0 Å². The second-order valence-corrected chi connectivity index (χ2v) is 6.92. The molecule has 1 aromatic rings. The highest BCUT2D eigenvalue weighted by Crippen LogP contribution is 2.20. The lowest BCUT2D eigenvalue weighted by Gasteiger charge is -2.37. The maximum absolute atomic E-state index is 13.7. The molecule has 27 heavy (non-hydrogen) atoms. The standard InChI is InChI=1S/C18H25F3N4O2/c1-11(2)22-15(26)10-24-6-8-25(9-7-24)12(3)18(27)23-14-5-4-13(19)16(20)17(14)21/h4-5,11-12H,6-10H2,1-3H3,(H,22,26)(H,23,27)/t12-/m1/s1. The van der Waals surface area contributed by atoms with E-state index in [0.717, 1.165) is 12.1 Å². The second-order valence-electron chi connectivity index (χ2n) is 6.92. The van der Waals surface area contributed by atoms with Gasteiger partial charge in [-0.15, -0.1) is 0 Å². The Balaban J connectivity index is 1.86. The zero-order valence-electron chi connectivity index (χ0n) is 15.7. The smallest absolute Gasteiger partial charge is 0.241 e. The van der Waals surface area contributed by atoms with Crippen LogP contribution in [0.2, 0.25) is 0 Å². The fourth-order valence-electron chi connectivity index (χ4n) is 2.90. The van der Waals surface area contributed by atoms with Gasteiger partial charge in [0, 0.05) is 32.2 Å². The van der Waals surface area contributed by atoms with Crippen LogP contribution in [0.15, 0.2) is 12.1 Å². The van der Waals surface area contributed by atoms with Crippen molar-refractivity contribution in [2.24, 2.45) is 0 Å². The van der Waals surface area contributed by atoms with Crippen molar-refractivity contribution in [1.29, 1.82) is 0 Å². The summed E-state index contributed by atoms with van der Waals surface area (Å²) in [6.07, 6.45) is 0. The third-order valence-corrected chi connectivity index (χ3v) is 4.44. The fraction of sp³-hybridized carbons (Fsp3) is 0.556. The van der Waals surface area contributed by atoms with Crippen molar-refractivity contribution in [2.45, 2.75) is 32.9 Å². The SMILES string of the molecule is CC(C)NC(=O)CN1CCN([C@H](C)C(=O)Nc2ccc(F)c(F)c2F)CC1. The van der Waals surface area contributed by atoms with Gasteiger partial charge in [0.1, 0.15) is 0 Å². The van der Waals surface area contributed by atoms with Crippen LogP contribution in [0, 0.1) is 17.5 Å². The van der Waals surface area contributed by atoms with Crippen LogP contribution < -0.4 is 10.6 Å². The molecule has 6 nitrogen and oxygen atoms in total. The maximum atomic E-state index is 13.7. The summed E-state index contributed by atoms with van der Waals surface area (Å²) in [4.78, 5) is 28.0. The Morgan fingerprint density at radius 1 is 1.04 bits per heavy atom. The molecule has 0 aliphatic carbocycles. The lowest BCUT2D eigenvalue weighted by Crippen LogP contribution is -2.54. The van der Waals surface area contributed by atoms with Gasteiger partial charge in [0.05, 0.1) is 18.3 Å². The minimum Gasteiger partial charge on any atom is -0.353 e. The molecule has 1 aromatic carbocycles. The van der Waals surface area contributed by atoms with Gasteiger partial charge < -0.3 is 10.6 Å². The number of rotatable bonds is 6. The number of nitrogens with one attached hydrogen (secondary N) is 2. The van der Waals surface area contributed by atoms with E-state index in [-0.39, 0.29) is 11.9 Å². The highest BCUT2D eigenvalue weighted by Gasteiger charge is 2.27. The van der Waals surface area contributed by atoms with Crippen molar-refractivity contribution in [3.8, 4) is 0 Å². The number of hydrogen-bond acceptors (Lipinski definition) is 4. The Morgan fingerprint density at radius 2 is 1.67 bits per heavy atom.